The molecule has 0 bridgehead atoms. The van der Waals surface area contributed by atoms with Gasteiger partial charge in [0.25, 0.3) is 5.91 Å². The number of ether oxygens (including phenoxy) is 3. The number of hydrogen-bond donors (Lipinski definition) is 1. The molecule has 1 amide bonds. The molecule has 1 unspecified atom stereocenters. The number of methoxy groups -OCH3 is 2. The van der Waals surface area contributed by atoms with Crippen molar-refractivity contribution in [3.63, 3.8) is 0 Å². The van der Waals surface area contributed by atoms with Crippen molar-refractivity contribution in [2.24, 2.45) is 0 Å². The summed E-state index contributed by atoms with van der Waals surface area (Å²) >= 11 is 0. The third-order valence-corrected chi connectivity index (χ3v) is 5.67. The second-order valence-corrected chi connectivity index (χ2v) is 8.85. The van der Waals surface area contributed by atoms with E-state index in [1.165, 1.54) is 31.3 Å². The van der Waals surface area contributed by atoms with E-state index in [0.717, 1.165) is 11.0 Å². The molecular formula is C26H31FN2O6. The highest BCUT2D eigenvalue weighted by Crippen LogP contribution is 2.43. The number of hydrogen-bond acceptors (Lipinski definition) is 6. The van der Waals surface area contributed by atoms with E-state index in [9.17, 15) is 19.1 Å². The molecule has 0 saturated carbocycles. The number of likely N-dealkylation sites (N-methyl/N-ethyl adjacent to an activating group) is 1. The third-order valence-electron chi connectivity index (χ3n) is 5.67. The number of nitrogens with zero attached hydrogens (tertiary/aromatic N) is 1. The van der Waals surface area contributed by atoms with Gasteiger partial charge in [0.1, 0.15) is 11.5 Å². The van der Waals surface area contributed by atoms with E-state index in [1.807, 2.05) is 14.1 Å². The first-order chi connectivity index (χ1) is 16.6. The summed E-state index contributed by atoms with van der Waals surface area (Å²) in [6.45, 7) is 4.28. The van der Waals surface area contributed by atoms with Crippen molar-refractivity contribution in [3.05, 3.63) is 58.9 Å². The number of rotatable bonds is 9. The molecule has 1 saturated heterocycles. The van der Waals surface area contributed by atoms with Crippen LogP contribution in [0.5, 0.6) is 17.2 Å². The second-order valence-electron chi connectivity index (χ2n) is 8.85. The van der Waals surface area contributed by atoms with Crippen LogP contribution in [0.2, 0.25) is 0 Å². The number of amides is 1. The minimum Gasteiger partial charge on any atom is -0.872 e. The van der Waals surface area contributed by atoms with Crippen LogP contribution in [-0.2, 0) is 9.59 Å². The van der Waals surface area contributed by atoms with Crippen molar-refractivity contribution in [1.82, 2.24) is 4.90 Å². The number of carbonyl (C=O) groups excluding carboxylic acids is 2. The Bertz CT molecular complexity index is 1140. The number of benzene rings is 2. The first kappa shape index (κ1) is 26.0. The normalized spacial score (nSPS) is 17.4. The van der Waals surface area contributed by atoms with Crippen molar-refractivity contribution < 1.29 is 38.2 Å². The van der Waals surface area contributed by atoms with Gasteiger partial charge in [-0.3, -0.25) is 9.59 Å². The number of halogens is 1. The Labute approximate surface area is 204 Å². The summed E-state index contributed by atoms with van der Waals surface area (Å²) in [5, 5.41) is 13.6. The van der Waals surface area contributed by atoms with Gasteiger partial charge < -0.3 is 29.1 Å². The van der Waals surface area contributed by atoms with Gasteiger partial charge in [-0.15, -0.1) is 0 Å². The third kappa shape index (κ3) is 5.40. The average Bonchev–Trinajstić information content (AvgIpc) is 3.07. The second kappa shape index (κ2) is 10.8. The van der Waals surface area contributed by atoms with Gasteiger partial charge >= 0.3 is 0 Å². The van der Waals surface area contributed by atoms with Crippen molar-refractivity contribution in [2.75, 3.05) is 41.4 Å². The molecule has 1 aliphatic heterocycles. The number of nitrogens with one attached hydrogen (secondary N) is 1. The zero-order chi connectivity index (χ0) is 25.9. The fraction of sp³-hybridized carbons (Fsp3) is 0.385. The maximum absolute atomic E-state index is 14.7. The summed E-state index contributed by atoms with van der Waals surface area (Å²) in [6, 6.07) is 7.71. The topological polar surface area (TPSA) is 92.6 Å². The van der Waals surface area contributed by atoms with Crippen LogP contribution in [0.3, 0.4) is 0 Å². The monoisotopic (exact) mass is 486 g/mol. The smallest absolute Gasteiger partial charge is 0.295 e. The molecular weight excluding hydrogens is 455 g/mol. The largest absolute Gasteiger partial charge is 0.872 e. The molecule has 0 radical (unpaired) electrons. The van der Waals surface area contributed by atoms with Crippen LogP contribution in [0, 0.1) is 5.82 Å². The van der Waals surface area contributed by atoms with Crippen LogP contribution in [-0.4, -0.2) is 64.1 Å². The van der Waals surface area contributed by atoms with Crippen LogP contribution in [0.25, 0.3) is 5.76 Å². The Balaban J connectivity index is 2.21. The summed E-state index contributed by atoms with van der Waals surface area (Å²) < 4.78 is 30.9. The Morgan fingerprint density at radius 3 is 2.34 bits per heavy atom. The molecule has 1 N–H and O–H groups in total. The van der Waals surface area contributed by atoms with E-state index < -0.39 is 29.3 Å². The molecule has 2 aromatic carbocycles. The minimum absolute atomic E-state index is 0.00280. The van der Waals surface area contributed by atoms with Gasteiger partial charge in [0, 0.05) is 11.1 Å². The van der Waals surface area contributed by atoms with E-state index in [0.29, 0.717) is 23.6 Å². The molecule has 35 heavy (non-hydrogen) atoms. The van der Waals surface area contributed by atoms with Gasteiger partial charge in [-0.2, -0.15) is 0 Å². The Hall–Kier alpha value is -3.59. The minimum atomic E-state index is -1.01. The molecule has 0 aliphatic carbocycles. The number of Topliss-reactive ketones (excluding diaryl/α,β-unsaturated/α-hetero) is 1. The van der Waals surface area contributed by atoms with E-state index in [2.05, 4.69) is 0 Å². The molecule has 0 aromatic heterocycles. The quantitative estimate of drug-likeness (QED) is 0.323. The predicted molar refractivity (Wildman–Crippen MR) is 126 cm³/mol. The van der Waals surface area contributed by atoms with Crippen molar-refractivity contribution >= 4 is 17.4 Å². The molecule has 1 aliphatic rings. The molecule has 1 heterocycles. The summed E-state index contributed by atoms with van der Waals surface area (Å²) in [5.41, 5.74) is 0.123. The SMILES string of the molecule is COc1ccc(OC)c(C2C(=C([O-])c3ccc(OC(C)C)c(F)c3)C(=O)C(=O)N2CC[NH+](C)C)c1. The lowest BCUT2D eigenvalue weighted by Gasteiger charge is -2.29. The highest BCUT2D eigenvalue weighted by Gasteiger charge is 2.45. The summed E-state index contributed by atoms with van der Waals surface area (Å²) in [5.74, 6) is -2.31. The standard InChI is InChI=1S/C26H31FN2O6/c1-15(2)35-21-9-7-16(13-19(21)27)24(30)22-23(18-14-17(33-5)8-10-20(18)34-6)29(12-11-28(3)4)26(32)25(22)31/h7-10,13-15,23,30H,11-12H2,1-6H3. The van der Waals surface area contributed by atoms with Crippen molar-refractivity contribution in [2.45, 2.75) is 26.0 Å². The first-order valence-corrected chi connectivity index (χ1v) is 11.3. The van der Waals surface area contributed by atoms with Crippen LogP contribution in [0.4, 0.5) is 4.39 Å². The average molecular weight is 487 g/mol. The van der Waals surface area contributed by atoms with Crippen LogP contribution >= 0.6 is 0 Å². The lowest BCUT2D eigenvalue weighted by atomic mass is 9.94. The van der Waals surface area contributed by atoms with Gasteiger partial charge in [-0.25, -0.2) is 4.39 Å². The summed E-state index contributed by atoms with van der Waals surface area (Å²) in [7, 11) is 6.79. The fourth-order valence-corrected chi connectivity index (χ4v) is 3.97. The number of likely N-dealkylation sites (tertiary alicyclic amines) is 1. The van der Waals surface area contributed by atoms with Crippen LogP contribution in [0.15, 0.2) is 42.0 Å². The zero-order valence-electron chi connectivity index (χ0n) is 20.8. The van der Waals surface area contributed by atoms with Crippen molar-refractivity contribution in [1.29, 1.82) is 0 Å². The Kier molecular flexibility index (Phi) is 8.01. The van der Waals surface area contributed by atoms with Gasteiger partial charge in [0.05, 0.1) is 53.6 Å². The summed E-state index contributed by atoms with van der Waals surface area (Å²) in [4.78, 5) is 28.7. The molecule has 8 nitrogen and oxygen atoms in total. The number of ketones is 1. The Morgan fingerprint density at radius 2 is 1.77 bits per heavy atom. The zero-order valence-corrected chi connectivity index (χ0v) is 20.8. The molecule has 9 heteroatoms. The summed E-state index contributed by atoms with van der Waals surface area (Å²) in [6.07, 6.45) is -0.258. The maximum atomic E-state index is 14.7. The number of carbonyl (C=O) groups is 2. The van der Waals surface area contributed by atoms with E-state index in [-0.39, 0.29) is 29.5 Å². The van der Waals surface area contributed by atoms with Crippen LogP contribution < -0.4 is 24.2 Å². The van der Waals surface area contributed by atoms with Crippen LogP contribution in [0.1, 0.15) is 31.0 Å². The van der Waals surface area contributed by atoms with Gasteiger partial charge in [-0.05, 0) is 49.7 Å². The van der Waals surface area contributed by atoms with E-state index in [4.69, 9.17) is 14.2 Å². The van der Waals surface area contributed by atoms with Gasteiger partial charge in [0.2, 0.25) is 5.78 Å². The Morgan fingerprint density at radius 1 is 1.09 bits per heavy atom. The first-order valence-electron chi connectivity index (χ1n) is 11.3. The lowest BCUT2D eigenvalue weighted by molar-refractivity contribution is -0.857. The van der Waals surface area contributed by atoms with Gasteiger partial charge in [-0.1, -0.05) is 11.8 Å². The maximum Gasteiger partial charge on any atom is 0.295 e. The predicted octanol–water partition coefficient (Wildman–Crippen LogP) is 0.999. The van der Waals surface area contributed by atoms with E-state index >= 15 is 0 Å². The number of quaternary nitrogens is 1. The van der Waals surface area contributed by atoms with Gasteiger partial charge in [0.15, 0.2) is 11.6 Å². The fourth-order valence-electron chi connectivity index (χ4n) is 3.97. The molecule has 1 fully saturated rings. The van der Waals surface area contributed by atoms with E-state index in [1.54, 1.807) is 32.0 Å². The molecule has 0 spiro atoms. The lowest BCUT2D eigenvalue weighted by Crippen LogP contribution is -3.06. The van der Waals surface area contributed by atoms with Crippen molar-refractivity contribution in [3.8, 4) is 17.2 Å². The highest BCUT2D eigenvalue weighted by atomic mass is 19.1. The molecule has 188 valence electrons. The molecule has 2 aromatic rings. The molecule has 3 rings (SSSR count). The molecule has 1 atom stereocenters. The highest BCUT2D eigenvalue weighted by molar-refractivity contribution is 6.46.